The zero-order chi connectivity index (χ0) is 13.1. The van der Waals surface area contributed by atoms with Gasteiger partial charge < -0.3 is 9.52 Å². The van der Waals surface area contributed by atoms with Gasteiger partial charge in [0.05, 0.1) is 0 Å². The lowest BCUT2D eigenvalue weighted by Crippen LogP contribution is -1.79. The Morgan fingerprint density at radius 3 is 2.56 bits per heavy atom. The largest absolute Gasteiger partial charge is 0.508 e. The van der Waals surface area contributed by atoms with Crippen LogP contribution in [0.15, 0.2) is 33.7 Å². The van der Waals surface area contributed by atoms with E-state index in [9.17, 15) is 0 Å². The van der Waals surface area contributed by atoms with Crippen LogP contribution >= 0.6 is 0 Å². The van der Waals surface area contributed by atoms with Crippen molar-refractivity contribution in [1.29, 1.82) is 5.26 Å². The van der Waals surface area contributed by atoms with Crippen molar-refractivity contribution in [2.24, 2.45) is 4.99 Å². The molecule has 2 aromatic rings. The van der Waals surface area contributed by atoms with E-state index in [1.165, 1.54) is 0 Å². The summed E-state index contributed by atoms with van der Waals surface area (Å²) in [6.07, 6.45) is 1.60. The Bertz CT molecular complexity index is 631. The summed E-state index contributed by atoms with van der Waals surface area (Å²) in [7, 11) is 0. The number of phenolic OH excluding ortho intramolecular Hbond substituents is 1. The molecule has 0 fully saturated rings. The average Bonchev–Trinajstić information content (AvgIpc) is 2.64. The molecule has 90 valence electrons. The van der Waals surface area contributed by atoms with Gasteiger partial charge in [-0.3, -0.25) is 0 Å². The van der Waals surface area contributed by atoms with Gasteiger partial charge in [-0.25, -0.2) is 4.99 Å². The van der Waals surface area contributed by atoms with Crippen molar-refractivity contribution in [3.8, 4) is 11.8 Å². The highest BCUT2D eigenvalue weighted by Gasteiger charge is 2.12. The number of aliphatic imine (C=N–C) groups is 1. The molecule has 2 rings (SSSR count). The molecule has 0 aliphatic carbocycles. The maximum absolute atomic E-state index is 9.16. The molecule has 0 atom stereocenters. The average molecular weight is 240 g/mol. The van der Waals surface area contributed by atoms with Crippen LogP contribution in [0.25, 0.3) is 0 Å². The molecule has 4 heteroatoms. The Kier molecular flexibility index (Phi) is 3.16. The third-order valence-electron chi connectivity index (χ3n) is 2.70. The van der Waals surface area contributed by atoms with Gasteiger partial charge >= 0.3 is 0 Å². The van der Waals surface area contributed by atoms with E-state index in [0.29, 0.717) is 17.2 Å². The Morgan fingerprint density at radius 2 is 1.94 bits per heavy atom. The summed E-state index contributed by atoms with van der Waals surface area (Å²) in [5.74, 6) is 1.22. The van der Waals surface area contributed by atoms with Crippen LogP contribution in [0.3, 0.4) is 0 Å². The molecule has 0 saturated heterocycles. The minimum absolute atomic E-state index is 0.203. The molecule has 0 bridgehead atoms. The standard InChI is InChI=1S/C14H12N2O2/c1-9-10(2)18-14(13(9)7-15)16-8-11-3-5-12(17)6-4-11/h3-6,8,17H,1-2H3/b16-8+. The molecular weight excluding hydrogens is 228 g/mol. The summed E-state index contributed by atoms with van der Waals surface area (Å²) < 4.78 is 5.41. The maximum Gasteiger partial charge on any atom is 0.237 e. The topological polar surface area (TPSA) is 69.5 Å². The molecule has 4 nitrogen and oxygen atoms in total. The van der Waals surface area contributed by atoms with Gasteiger partial charge in [-0.15, -0.1) is 0 Å². The van der Waals surface area contributed by atoms with E-state index in [2.05, 4.69) is 11.1 Å². The lowest BCUT2D eigenvalue weighted by Gasteiger charge is -1.93. The fraction of sp³-hybridized carbons (Fsp3) is 0.143. The Balaban J connectivity index is 2.32. The van der Waals surface area contributed by atoms with Crippen LogP contribution in [0, 0.1) is 25.2 Å². The van der Waals surface area contributed by atoms with Gasteiger partial charge in [-0.1, -0.05) is 0 Å². The number of furan rings is 1. The second-order valence-electron chi connectivity index (χ2n) is 3.92. The Hall–Kier alpha value is -2.54. The molecule has 1 aromatic carbocycles. The van der Waals surface area contributed by atoms with Gasteiger partial charge in [0, 0.05) is 11.8 Å². The van der Waals surface area contributed by atoms with Crippen LogP contribution in [0.5, 0.6) is 5.75 Å². The Labute approximate surface area is 105 Å². The number of hydrogen-bond acceptors (Lipinski definition) is 4. The minimum Gasteiger partial charge on any atom is -0.508 e. The van der Waals surface area contributed by atoms with Gasteiger partial charge in [0.25, 0.3) is 0 Å². The van der Waals surface area contributed by atoms with Crippen LogP contribution in [-0.2, 0) is 0 Å². The van der Waals surface area contributed by atoms with Crippen molar-refractivity contribution >= 4 is 12.1 Å². The predicted molar refractivity (Wildman–Crippen MR) is 68.3 cm³/mol. The number of nitrogens with zero attached hydrogens (tertiary/aromatic N) is 2. The molecule has 0 aliphatic heterocycles. The summed E-state index contributed by atoms with van der Waals surface area (Å²) in [5.41, 5.74) is 2.10. The Morgan fingerprint density at radius 1 is 1.28 bits per heavy atom. The number of hydrogen-bond donors (Lipinski definition) is 1. The summed E-state index contributed by atoms with van der Waals surface area (Å²) in [5, 5.41) is 18.2. The summed E-state index contributed by atoms with van der Waals surface area (Å²) in [6, 6.07) is 8.69. The fourth-order valence-electron chi connectivity index (χ4n) is 1.53. The van der Waals surface area contributed by atoms with Crippen molar-refractivity contribution in [3.63, 3.8) is 0 Å². The molecule has 0 saturated carbocycles. The van der Waals surface area contributed by atoms with Crippen LogP contribution in [-0.4, -0.2) is 11.3 Å². The van der Waals surface area contributed by atoms with E-state index < -0.39 is 0 Å². The van der Waals surface area contributed by atoms with Crippen LogP contribution in [0.2, 0.25) is 0 Å². The molecule has 0 spiro atoms. The molecule has 1 N–H and O–H groups in total. The molecule has 0 aliphatic rings. The zero-order valence-electron chi connectivity index (χ0n) is 10.1. The molecule has 0 unspecified atom stereocenters. The van der Waals surface area contributed by atoms with Crippen LogP contribution in [0.1, 0.15) is 22.5 Å². The van der Waals surface area contributed by atoms with Crippen molar-refractivity contribution in [2.45, 2.75) is 13.8 Å². The number of rotatable bonds is 2. The third-order valence-corrected chi connectivity index (χ3v) is 2.70. The highest BCUT2D eigenvalue weighted by molar-refractivity contribution is 5.82. The molecule has 18 heavy (non-hydrogen) atoms. The number of aromatic hydroxyl groups is 1. The first-order chi connectivity index (χ1) is 8.61. The maximum atomic E-state index is 9.16. The highest BCUT2D eigenvalue weighted by atomic mass is 16.4. The molecule has 1 heterocycles. The van der Waals surface area contributed by atoms with Gasteiger partial charge in [-0.05, 0) is 43.7 Å². The second-order valence-corrected chi connectivity index (χ2v) is 3.92. The minimum atomic E-state index is 0.203. The zero-order valence-corrected chi connectivity index (χ0v) is 10.1. The van der Waals surface area contributed by atoms with Crippen molar-refractivity contribution in [1.82, 2.24) is 0 Å². The monoisotopic (exact) mass is 240 g/mol. The van der Waals surface area contributed by atoms with Crippen LogP contribution < -0.4 is 0 Å². The van der Waals surface area contributed by atoms with Gasteiger partial charge in [0.1, 0.15) is 23.1 Å². The van der Waals surface area contributed by atoms with Crippen molar-refractivity contribution in [3.05, 3.63) is 46.7 Å². The van der Waals surface area contributed by atoms with E-state index in [1.807, 2.05) is 6.92 Å². The normalized spacial score (nSPS) is 10.7. The first-order valence-corrected chi connectivity index (χ1v) is 5.45. The van der Waals surface area contributed by atoms with E-state index in [4.69, 9.17) is 14.8 Å². The quantitative estimate of drug-likeness (QED) is 0.819. The lowest BCUT2D eigenvalue weighted by molar-refractivity contribution is 0.475. The number of nitriles is 1. The number of phenols is 1. The number of benzene rings is 1. The first kappa shape index (κ1) is 11.9. The summed E-state index contributed by atoms with van der Waals surface area (Å²) >= 11 is 0. The molecular formula is C14H12N2O2. The third kappa shape index (κ3) is 2.25. The predicted octanol–water partition coefficient (Wildman–Crippen LogP) is 3.22. The highest BCUT2D eigenvalue weighted by Crippen LogP contribution is 2.27. The molecule has 0 amide bonds. The molecule has 0 radical (unpaired) electrons. The van der Waals surface area contributed by atoms with E-state index in [-0.39, 0.29) is 5.75 Å². The lowest BCUT2D eigenvalue weighted by atomic mass is 10.2. The molecule has 1 aromatic heterocycles. The van der Waals surface area contributed by atoms with Crippen LogP contribution in [0.4, 0.5) is 5.88 Å². The van der Waals surface area contributed by atoms with E-state index in [0.717, 1.165) is 11.1 Å². The second kappa shape index (κ2) is 4.76. The van der Waals surface area contributed by atoms with E-state index >= 15 is 0 Å². The SMILES string of the molecule is Cc1oc(/N=C/c2ccc(O)cc2)c(C#N)c1C. The fourth-order valence-corrected chi connectivity index (χ4v) is 1.53. The van der Waals surface area contributed by atoms with Crippen molar-refractivity contribution in [2.75, 3.05) is 0 Å². The van der Waals surface area contributed by atoms with E-state index in [1.54, 1.807) is 37.4 Å². The summed E-state index contributed by atoms with van der Waals surface area (Å²) in [6.45, 7) is 3.63. The smallest absolute Gasteiger partial charge is 0.237 e. The van der Waals surface area contributed by atoms with Gasteiger partial charge in [0.2, 0.25) is 5.88 Å². The van der Waals surface area contributed by atoms with Gasteiger partial charge in [-0.2, -0.15) is 5.26 Å². The first-order valence-electron chi connectivity index (χ1n) is 5.45. The number of aryl methyl sites for hydroxylation is 1. The van der Waals surface area contributed by atoms with Gasteiger partial charge in [0.15, 0.2) is 0 Å². The van der Waals surface area contributed by atoms with Crippen molar-refractivity contribution < 1.29 is 9.52 Å². The summed E-state index contributed by atoms with van der Waals surface area (Å²) in [4.78, 5) is 4.16.